The molecule has 5 aromatic rings. The summed E-state index contributed by atoms with van der Waals surface area (Å²) in [5.74, 6) is -0.249. The van der Waals surface area contributed by atoms with Gasteiger partial charge in [0.05, 0.1) is 52.2 Å². The van der Waals surface area contributed by atoms with Crippen molar-refractivity contribution in [1.29, 1.82) is 0 Å². The zero-order chi connectivity index (χ0) is 45.1. The second-order valence-corrected chi connectivity index (χ2v) is 16.6. The predicted molar refractivity (Wildman–Crippen MR) is 245 cm³/mol. The number of thioether (sulfide) groups is 1. The van der Waals surface area contributed by atoms with Gasteiger partial charge in [-0.3, -0.25) is 4.79 Å². The average Bonchev–Trinajstić information content (AvgIpc) is 3.34. The molecule has 13 heteroatoms. The summed E-state index contributed by atoms with van der Waals surface area (Å²) in [5.41, 5.74) is 4.80. The Hall–Kier alpha value is -4.48. The third-order valence-corrected chi connectivity index (χ3v) is 11.4. The molecular weight excluding hydrogens is 849 g/mol. The molecule has 0 spiro atoms. The van der Waals surface area contributed by atoms with Crippen LogP contribution in [-0.2, 0) is 89.9 Å². The molecule has 65 heavy (non-hydrogen) atoms. The molecule has 0 unspecified atom stereocenters. The minimum absolute atomic E-state index is 0.0942. The molecule has 0 amide bonds. The number of rotatable bonds is 24. The highest BCUT2D eigenvalue weighted by Crippen LogP contribution is 2.36. The zero-order valence-corrected chi connectivity index (χ0v) is 38.0. The molecule has 10 atom stereocenters. The highest BCUT2D eigenvalue weighted by atomic mass is 32.2. The van der Waals surface area contributed by atoms with Gasteiger partial charge in [0.1, 0.15) is 42.7 Å². The van der Waals surface area contributed by atoms with Crippen LogP contribution in [0.1, 0.15) is 34.7 Å². The molecule has 2 aliphatic rings. The maximum Gasteiger partial charge on any atom is 0.303 e. The first kappa shape index (κ1) is 48.5. The molecular formula is C52H60O12S. The quantitative estimate of drug-likeness (QED) is 0.0437. The number of esters is 1. The van der Waals surface area contributed by atoms with Crippen molar-refractivity contribution in [3.63, 3.8) is 0 Å². The van der Waals surface area contributed by atoms with Crippen LogP contribution in [-0.4, -0.2) is 99.9 Å². The highest BCUT2D eigenvalue weighted by molar-refractivity contribution is 7.98. The van der Waals surface area contributed by atoms with E-state index in [0.717, 1.165) is 27.8 Å². The van der Waals surface area contributed by atoms with Crippen molar-refractivity contribution in [2.75, 3.05) is 32.5 Å². The fourth-order valence-electron chi connectivity index (χ4n) is 7.90. The Bertz CT molecular complexity index is 2070. The summed E-state index contributed by atoms with van der Waals surface area (Å²) in [4.78, 5) is 13.2. The minimum Gasteiger partial charge on any atom is -0.454 e. The van der Waals surface area contributed by atoms with Gasteiger partial charge in [0.25, 0.3) is 0 Å². The molecule has 2 aliphatic heterocycles. The normalized spacial score (nSPS) is 25.5. The van der Waals surface area contributed by atoms with E-state index >= 15 is 0 Å². The lowest BCUT2D eigenvalue weighted by Crippen LogP contribution is -2.66. The summed E-state index contributed by atoms with van der Waals surface area (Å²) >= 11 is 1.51. The largest absolute Gasteiger partial charge is 0.454 e. The van der Waals surface area contributed by atoms with Crippen LogP contribution in [0.2, 0.25) is 0 Å². The van der Waals surface area contributed by atoms with E-state index in [1.165, 1.54) is 18.7 Å². The standard InChI is InChI=1S/C52H60O12S/c1-37(53)61-50-47(58-32-41-25-15-7-16-26-41)45(57-31-40-23-13-6-14-24-40)43(34-55-29-38-19-9-4-10-20-38)63-52(50)64-48-46(60-36-65-3)44(35-56-30-39-21-11-5-12-22-39)62-51(54-2)49(48)59-33-42-27-17-8-18-28-42/h4-28,43-52H,29-36H2,1-3H3/t43-,44-,45-,46-,47+,48+,49+,50+,51+,52-/m1/s1. The van der Waals surface area contributed by atoms with Gasteiger partial charge in [0.2, 0.25) is 0 Å². The molecule has 12 nitrogen and oxygen atoms in total. The SMILES string of the molecule is CO[C@H]1O[C@H](COCc2ccccc2)[C@@H](OCSC)[C@H](O[C@H]2O[C@H](COCc3ccccc3)[C@@H](OCc3ccccc3)[C@H](OCc3ccccc3)[C@@H]2OC(C)=O)[C@@H]1OCc1ccccc1. The fraction of sp³-hybridized carbons (Fsp3) is 0.404. The second-order valence-electron chi connectivity index (χ2n) is 15.8. The van der Waals surface area contributed by atoms with Crippen molar-refractivity contribution in [2.45, 2.75) is 101 Å². The monoisotopic (exact) mass is 908 g/mol. The summed E-state index contributed by atoms with van der Waals surface area (Å²) in [6, 6.07) is 49.3. The first-order chi connectivity index (χ1) is 32.0. The molecule has 2 saturated heterocycles. The van der Waals surface area contributed by atoms with Crippen LogP contribution in [0, 0.1) is 0 Å². The highest BCUT2D eigenvalue weighted by Gasteiger charge is 2.55. The van der Waals surface area contributed by atoms with Crippen LogP contribution >= 0.6 is 11.8 Å². The molecule has 0 aliphatic carbocycles. The van der Waals surface area contributed by atoms with Gasteiger partial charge in [-0.1, -0.05) is 152 Å². The Morgan fingerprint density at radius 3 is 1.28 bits per heavy atom. The van der Waals surface area contributed by atoms with Crippen LogP contribution in [0.5, 0.6) is 0 Å². The second kappa shape index (κ2) is 26.0. The number of benzene rings is 5. The zero-order valence-electron chi connectivity index (χ0n) is 37.2. The summed E-state index contributed by atoms with van der Waals surface area (Å²) < 4.78 is 72.7. The lowest BCUT2D eigenvalue weighted by atomic mass is 9.95. The fourth-order valence-corrected chi connectivity index (χ4v) is 8.19. The Labute approximate surface area is 386 Å². The Balaban J connectivity index is 1.25. The lowest BCUT2D eigenvalue weighted by molar-refractivity contribution is -0.371. The van der Waals surface area contributed by atoms with Crippen molar-refractivity contribution >= 4 is 17.7 Å². The van der Waals surface area contributed by atoms with Gasteiger partial charge in [0, 0.05) is 14.0 Å². The number of hydrogen-bond acceptors (Lipinski definition) is 13. The summed E-state index contributed by atoms with van der Waals surface area (Å²) in [6.07, 6.45) is -7.01. The molecule has 7 rings (SSSR count). The molecule has 0 N–H and O–H groups in total. The van der Waals surface area contributed by atoms with Crippen LogP contribution in [0.4, 0.5) is 0 Å². The van der Waals surface area contributed by atoms with Gasteiger partial charge in [-0.25, -0.2) is 0 Å². The Morgan fingerprint density at radius 2 is 0.862 bits per heavy atom. The van der Waals surface area contributed by atoms with Gasteiger partial charge in [-0.2, -0.15) is 0 Å². The molecule has 2 fully saturated rings. The van der Waals surface area contributed by atoms with Crippen LogP contribution in [0.25, 0.3) is 0 Å². The molecule has 0 saturated carbocycles. The van der Waals surface area contributed by atoms with E-state index in [4.69, 9.17) is 52.1 Å². The van der Waals surface area contributed by atoms with E-state index in [1.54, 1.807) is 7.11 Å². The molecule has 2 heterocycles. The maximum absolute atomic E-state index is 13.2. The lowest BCUT2D eigenvalue weighted by Gasteiger charge is -2.49. The van der Waals surface area contributed by atoms with Gasteiger partial charge in [-0.05, 0) is 34.1 Å². The molecule has 0 radical (unpaired) electrons. The smallest absolute Gasteiger partial charge is 0.303 e. The third kappa shape index (κ3) is 14.5. The van der Waals surface area contributed by atoms with Gasteiger partial charge in [0.15, 0.2) is 18.7 Å². The Morgan fingerprint density at radius 1 is 0.477 bits per heavy atom. The number of methoxy groups -OCH3 is 1. The van der Waals surface area contributed by atoms with Crippen molar-refractivity contribution in [3.05, 3.63) is 179 Å². The van der Waals surface area contributed by atoms with Crippen molar-refractivity contribution < 1.29 is 56.9 Å². The molecule has 346 valence electrons. The van der Waals surface area contributed by atoms with Gasteiger partial charge in [-0.15, -0.1) is 11.8 Å². The molecule has 5 aromatic carbocycles. The summed E-state index contributed by atoms with van der Waals surface area (Å²) in [7, 11) is 1.56. The topological polar surface area (TPSA) is 119 Å². The van der Waals surface area contributed by atoms with Gasteiger partial charge >= 0.3 is 5.97 Å². The van der Waals surface area contributed by atoms with E-state index < -0.39 is 67.4 Å². The maximum atomic E-state index is 13.2. The van der Waals surface area contributed by atoms with Crippen LogP contribution < -0.4 is 0 Å². The van der Waals surface area contributed by atoms with Crippen molar-refractivity contribution in [3.8, 4) is 0 Å². The number of ether oxygens (including phenoxy) is 11. The van der Waals surface area contributed by atoms with Crippen molar-refractivity contribution in [2.24, 2.45) is 0 Å². The van der Waals surface area contributed by atoms with E-state index in [1.807, 2.05) is 158 Å². The molecule has 0 bridgehead atoms. The number of carbonyl (C=O) groups excluding carboxylic acids is 1. The average molecular weight is 909 g/mol. The van der Waals surface area contributed by atoms with E-state index in [-0.39, 0.29) is 33.0 Å². The van der Waals surface area contributed by atoms with Crippen LogP contribution in [0.3, 0.4) is 0 Å². The van der Waals surface area contributed by atoms with E-state index in [2.05, 4.69) is 0 Å². The molecule has 0 aromatic heterocycles. The number of carbonyl (C=O) groups is 1. The summed E-state index contributed by atoms with van der Waals surface area (Å²) in [5, 5.41) is 0. The Kier molecular flexibility index (Phi) is 19.4. The van der Waals surface area contributed by atoms with E-state index in [9.17, 15) is 4.79 Å². The van der Waals surface area contributed by atoms with E-state index in [0.29, 0.717) is 19.2 Å². The number of hydrogen-bond donors (Lipinski definition) is 0. The predicted octanol–water partition coefficient (Wildman–Crippen LogP) is 8.30. The van der Waals surface area contributed by atoms with Crippen LogP contribution in [0.15, 0.2) is 152 Å². The third-order valence-electron chi connectivity index (χ3n) is 11.0. The first-order valence-electron chi connectivity index (χ1n) is 22.0. The summed E-state index contributed by atoms with van der Waals surface area (Å²) in [6.45, 7) is 2.89. The first-order valence-corrected chi connectivity index (χ1v) is 23.3. The van der Waals surface area contributed by atoms with Crippen molar-refractivity contribution in [1.82, 2.24) is 0 Å². The minimum atomic E-state index is -1.24. The van der Waals surface area contributed by atoms with Gasteiger partial charge < -0.3 is 52.1 Å².